The lowest BCUT2D eigenvalue weighted by molar-refractivity contribution is 0.0944. The zero-order valence-electron chi connectivity index (χ0n) is 11.4. The lowest BCUT2D eigenvalue weighted by atomic mass is 9.84. The van der Waals surface area contributed by atoms with Crippen molar-refractivity contribution in [1.29, 1.82) is 0 Å². The first kappa shape index (κ1) is 12.0. The second kappa shape index (κ2) is 4.53. The number of benzene rings is 1. The van der Waals surface area contributed by atoms with Gasteiger partial charge in [0.1, 0.15) is 0 Å². The number of aryl methyl sites for hydroxylation is 2. The van der Waals surface area contributed by atoms with E-state index in [-0.39, 0.29) is 0 Å². The van der Waals surface area contributed by atoms with Gasteiger partial charge in [0.15, 0.2) is 5.78 Å². The molecule has 0 saturated heterocycles. The second-order valence-electron chi connectivity index (χ2n) is 6.36. The maximum absolute atomic E-state index is 12.3. The Morgan fingerprint density at radius 3 is 2.61 bits per heavy atom. The molecule has 0 amide bonds. The quantitative estimate of drug-likeness (QED) is 0.722. The number of carbonyl (C=O) groups excluding carboxylic acids is 1. The fraction of sp³-hybridized carbons (Fsp3) is 0.588. The van der Waals surface area contributed by atoms with Gasteiger partial charge in [0.25, 0.3) is 0 Å². The molecule has 0 spiro atoms. The molecule has 96 valence electrons. The van der Waals surface area contributed by atoms with E-state index in [0.29, 0.717) is 11.7 Å². The molecule has 3 atom stereocenters. The fourth-order valence-corrected chi connectivity index (χ4v) is 3.90. The van der Waals surface area contributed by atoms with E-state index >= 15 is 0 Å². The van der Waals surface area contributed by atoms with Gasteiger partial charge in [-0.2, -0.15) is 0 Å². The van der Waals surface area contributed by atoms with E-state index in [1.54, 1.807) is 0 Å². The molecular weight excluding hydrogens is 220 g/mol. The van der Waals surface area contributed by atoms with Crippen molar-refractivity contribution in [2.24, 2.45) is 17.8 Å². The molecular formula is C17H22O. The van der Waals surface area contributed by atoms with Crippen molar-refractivity contribution >= 4 is 5.78 Å². The first-order valence-electron chi connectivity index (χ1n) is 7.24. The number of hydrogen-bond acceptors (Lipinski definition) is 1. The number of fused-ring (bicyclic) bond motifs is 2. The van der Waals surface area contributed by atoms with Crippen molar-refractivity contribution < 1.29 is 4.79 Å². The third-order valence-electron chi connectivity index (χ3n) is 5.16. The summed E-state index contributed by atoms with van der Waals surface area (Å²) in [4.78, 5) is 12.3. The summed E-state index contributed by atoms with van der Waals surface area (Å²) >= 11 is 0. The summed E-state index contributed by atoms with van der Waals surface area (Å²) in [5.41, 5.74) is 3.42. The summed E-state index contributed by atoms with van der Waals surface area (Å²) in [5.74, 6) is 2.83. The Kier molecular flexibility index (Phi) is 3.01. The molecule has 2 fully saturated rings. The number of ketones is 1. The minimum atomic E-state index is 0.357. The van der Waals surface area contributed by atoms with E-state index in [1.165, 1.54) is 36.8 Å². The van der Waals surface area contributed by atoms with Crippen LogP contribution in [0.1, 0.15) is 53.6 Å². The van der Waals surface area contributed by atoms with E-state index < -0.39 is 0 Å². The third-order valence-corrected chi connectivity index (χ3v) is 5.16. The van der Waals surface area contributed by atoms with Gasteiger partial charge in [-0.3, -0.25) is 4.79 Å². The molecule has 2 bridgehead atoms. The van der Waals surface area contributed by atoms with E-state index in [2.05, 4.69) is 26.0 Å². The molecule has 2 aliphatic carbocycles. The van der Waals surface area contributed by atoms with E-state index in [4.69, 9.17) is 0 Å². The van der Waals surface area contributed by atoms with Gasteiger partial charge in [-0.1, -0.05) is 18.6 Å². The highest BCUT2D eigenvalue weighted by molar-refractivity contribution is 5.96. The van der Waals surface area contributed by atoms with Crippen LogP contribution in [-0.4, -0.2) is 5.78 Å². The molecule has 1 aromatic rings. The van der Waals surface area contributed by atoms with Gasteiger partial charge in [0, 0.05) is 12.0 Å². The van der Waals surface area contributed by atoms with Crippen molar-refractivity contribution in [2.75, 3.05) is 0 Å². The Balaban J connectivity index is 1.69. The number of carbonyl (C=O) groups is 1. The van der Waals surface area contributed by atoms with Crippen LogP contribution in [0.3, 0.4) is 0 Å². The van der Waals surface area contributed by atoms with Crippen LogP contribution in [0.5, 0.6) is 0 Å². The van der Waals surface area contributed by atoms with Crippen molar-refractivity contribution in [3.63, 3.8) is 0 Å². The zero-order valence-corrected chi connectivity index (χ0v) is 11.4. The van der Waals surface area contributed by atoms with Crippen molar-refractivity contribution in [3.8, 4) is 0 Å². The molecule has 18 heavy (non-hydrogen) atoms. The van der Waals surface area contributed by atoms with E-state index in [0.717, 1.165) is 23.8 Å². The Morgan fingerprint density at radius 2 is 2.00 bits per heavy atom. The minimum Gasteiger partial charge on any atom is -0.294 e. The molecule has 1 nitrogen and oxygen atoms in total. The third kappa shape index (κ3) is 2.11. The van der Waals surface area contributed by atoms with Gasteiger partial charge in [0.05, 0.1) is 0 Å². The van der Waals surface area contributed by atoms with Crippen LogP contribution in [0.15, 0.2) is 18.2 Å². The molecule has 0 N–H and O–H groups in total. The Hall–Kier alpha value is -1.11. The normalized spacial score (nSPS) is 29.8. The number of hydrogen-bond donors (Lipinski definition) is 0. The summed E-state index contributed by atoms with van der Waals surface area (Å²) in [6.07, 6.45) is 6.27. The average Bonchev–Trinajstić information content (AvgIpc) is 2.94. The highest BCUT2D eigenvalue weighted by atomic mass is 16.1. The van der Waals surface area contributed by atoms with Gasteiger partial charge in [0.2, 0.25) is 0 Å². The number of rotatable bonds is 3. The molecule has 3 rings (SSSR count). The molecule has 0 aliphatic heterocycles. The predicted octanol–water partition coefficient (Wildman–Crippen LogP) is 4.31. The largest absolute Gasteiger partial charge is 0.294 e. The topological polar surface area (TPSA) is 17.1 Å². The molecule has 3 unspecified atom stereocenters. The van der Waals surface area contributed by atoms with Gasteiger partial charge < -0.3 is 0 Å². The Morgan fingerprint density at radius 1 is 1.17 bits per heavy atom. The molecule has 2 aliphatic rings. The van der Waals surface area contributed by atoms with Gasteiger partial charge in [-0.05, 0) is 68.1 Å². The van der Waals surface area contributed by atoms with Crippen LogP contribution in [0.2, 0.25) is 0 Å². The van der Waals surface area contributed by atoms with Gasteiger partial charge >= 0.3 is 0 Å². The molecule has 0 aromatic heterocycles. The SMILES string of the molecule is Cc1ccc(C(=O)CC2CC3CCC2C3)cc1C. The highest BCUT2D eigenvalue weighted by Crippen LogP contribution is 2.49. The summed E-state index contributed by atoms with van der Waals surface area (Å²) in [5, 5.41) is 0. The summed E-state index contributed by atoms with van der Waals surface area (Å²) < 4.78 is 0. The van der Waals surface area contributed by atoms with Crippen LogP contribution in [0.4, 0.5) is 0 Å². The summed E-state index contributed by atoms with van der Waals surface area (Å²) in [6, 6.07) is 6.13. The van der Waals surface area contributed by atoms with Crippen molar-refractivity contribution in [3.05, 3.63) is 34.9 Å². The van der Waals surface area contributed by atoms with E-state index in [9.17, 15) is 4.79 Å². The smallest absolute Gasteiger partial charge is 0.163 e. The van der Waals surface area contributed by atoms with Crippen molar-refractivity contribution in [1.82, 2.24) is 0 Å². The standard InChI is InChI=1S/C17H22O/c1-11-3-5-15(7-12(11)2)17(18)10-16-9-13-4-6-14(16)8-13/h3,5,7,13-14,16H,4,6,8-10H2,1-2H3. The van der Waals surface area contributed by atoms with Crippen LogP contribution in [-0.2, 0) is 0 Å². The fourth-order valence-electron chi connectivity index (χ4n) is 3.90. The lowest BCUT2D eigenvalue weighted by Crippen LogP contribution is -2.15. The first-order chi connectivity index (χ1) is 8.63. The van der Waals surface area contributed by atoms with Gasteiger partial charge in [-0.25, -0.2) is 0 Å². The highest BCUT2D eigenvalue weighted by Gasteiger charge is 2.40. The molecule has 1 heteroatoms. The Bertz CT molecular complexity index is 474. The molecule has 1 aromatic carbocycles. The average molecular weight is 242 g/mol. The maximum atomic E-state index is 12.3. The lowest BCUT2D eigenvalue weighted by Gasteiger charge is -2.20. The molecule has 0 heterocycles. The van der Waals surface area contributed by atoms with Crippen LogP contribution in [0.25, 0.3) is 0 Å². The number of Topliss-reactive ketones (excluding diaryl/α,β-unsaturated/α-hetero) is 1. The summed E-state index contributed by atoms with van der Waals surface area (Å²) in [7, 11) is 0. The second-order valence-corrected chi connectivity index (χ2v) is 6.36. The van der Waals surface area contributed by atoms with Crippen LogP contribution in [0, 0.1) is 31.6 Å². The zero-order chi connectivity index (χ0) is 12.7. The molecule has 2 saturated carbocycles. The van der Waals surface area contributed by atoms with E-state index in [1.807, 2.05) is 6.07 Å². The van der Waals surface area contributed by atoms with Gasteiger partial charge in [-0.15, -0.1) is 0 Å². The van der Waals surface area contributed by atoms with Crippen LogP contribution < -0.4 is 0 Å². The van der Waals surface area contributed by atoms with Crippen LogP contribution >= 0.6 is 0 Å². The summed E-state index contributed by atoms with van der Waals surface area (Å²) in [6.45, 7) is 4.18. The molecule has 0 radical (unpaired) electrons. The van der Waals surface area contributed by atoms with Crippen molar-refractivity contribution in [2.45, 2.75) is 46.0 Å². The predicted molar refractivity (Wildman–Crippen MR) is 73.8 cm³/mol. The minimum absolute atomic E-state index is 0.357. The monoisotopic (exact) mass is 242 g/mol. The first-order valence-corrected chi connectivity index (χ1v) is 7.24. The maximum Gasteiger partial charge on any atom is 0.163 e. The Labute approximate surface area is 110 Å².